The second-order valence-electron chi connectivity index (χ2n) is 8.13. The molecule has 0 aromatic carbocycles. The van der Waals surface area contributed by atoms with Crippen molar-refractivity contribution < 1.29 is 52.3 Å². The fourth-order valence-corrected chi connectivity index (χ4v) is 3.03. The number of hydrogen-bond donors (Lipinski definition) is 0. The Labute approximate surface area is 225 Å². The Morgan fingerprint density at radius 2 is 0.947 bits per heavy atom. The van der Waals surface area contributed by atoms with Crippen LogP contribution in [0.4, 0.5) is 0 Å². The SMILES string of the molecule is CCCCCC(=O)OCCOCCOCCOCCOCCOCCOCCOCCN1C(=O)C=CC1=O. The van der Waals surface area contributed by atoms with Gasteiger partial charge in [-0.25, -0.2) is 0 Å². The Bertz CT molecular complexity index is 627. The summed E-state index contributed by atoms with van der Waals surface area (Å²) >= 11 is 0. The van der Waals surface area contributed by atoms with Crippen molar-refractivity contribution in [3.8, 4) is 0 Å². The number of carbonyl (C=O) groups is 3. The van der Waals surface area contributed by atoms with E-state index >= 15 is 0 Å². The number of amides is 2. The van der Waals surface area contributed by atoms with E-state index in [-0.39, 0.29) is 37.5 Å². The molecule has 0 aromatic heterocycles. The van der Waals surface area contributed by atoms with Gasteiger partial charge in [-0.05, 0) is 6.42 Å². The number of ether oxygens (including phenoxy) is 8. The quantitative estimate of drug-likeness (QED) is 0.0795. The van der Waals surface area contributed by atoms with Crippen LogP contribution in [0.3, 0.4) is 0 Å². The Balaban J connectivity index is 1.67. The number of imide groups is 1. The lowest BCUT2D eigenvalue weighted by atomic mass is 10.2. The Kier molecular flexibility index (Phi) is 22.8. The van der Waals surface area contributed by atoms with Crippen molar-refractivity contribution in [2.75, 3.05) is 106 Å². The van der Waals surface area contributed by atoms with Crippen molar-refractivity contribution in [1.82, 2.24) is 4.90 Å². The fraction of sp³-hybridized carbons (Fsp3) is 0.808. The average molecular weight is 548 g/mol. The Morgan fingerprint density at radius 1 is 0.579 bits per heavy atom. The number of unbranched alkanes of at least 4 members (excludes halogenated alkanes) is 2. The van der Waals surface area contributed by atoms with Crippen molar-refractivity contribution >= 4 is 17.8 Å². The van der Waals surface area contributed by atoms with Gasteiger partial charge in [0, 0.05) is 18.6 Å². The monoisotopic (exact) mass is 547 g/mol. The van der Waals surface area contributed by atoms with E-state index in [0.717, 1.165) is 24.2 Å². The summed E-state index contributed by atoms with van der Waals surface area (Å²) in [6, 6.07) is 0. The fourth-order valence-electron chi connectivity index (χ4n) is 3.03. The molecule has 0 aromatic rings. The molecular weight excluding hydrogens is 502 g/mol. The summed E-state index contributed by atoms with van der Waals surface area (Å²) < 4.78 is 42.8. The van der Waals surface area contributed by atoms with Gasteiger partial charge in [-0.3, -0.25) is 19.3 Å². The van der Waals surface area contributed by atoms with Gasteiger partial charge in [0.2, 0.25) is 0 Å². The minimum Gasteiger partial charge on any atom is -0.463 e. The summed E-state index contributed by atoms with van der Waals surface area (Å²) in [5, 5.41) is 0. The summed E-state index contributed by atoms with van der Waals surface area (Å²) in [5.41, 5.74) is 0. The molecule has 0 bridgehead atoms. The van der Waals surface area contributed by atoms with Crippen LogP contribution in [-0.2, 0) is 52.3 Å². The lowest BCUT2D eigenvalue weighted by Crippen LogP contribution is -2.33. The molecule has 1 aliphatic heterocycles. The van der Waals surface area contributed by atoms with Crippen molar-refractivity contribution in [3.05, 3.63) is 12.2 Å². The average Bonchev–Trinajstić information content (AvgIpc) is 3.23. The molecule has 0 radical (unpaired) electrons. The van der Waals surface area contributed by atoms with Gasteiger partial charge >= 0.3 is 5.97 Å². The van der Waals surface area contributed by atoms with Crippen LogP contribution in [-0.4, -0.2) is 128 Å². The summed E-state index contributed by atoms with van der Waals surface area (Å²) in [6.07, 6.45) is 5.98. The van der Waals surface area contributed by atoms with Crippen molar-refractivity contribution in [2.24, 2.45) is 0 Å². The highest BCUT2D eigenvalue weighted by Gasteiger charge is 2.22. The van der Waals surface area contributed by atoms with Gasteiger partial charge in [-0.2, -0.15) is 0 Å². The topological polar surface area (TPSA) is 128 Å². The first kappa shape index (κ1) is 34.1. The number of esters is 1. The predicted octanol–water partition coefficient (Wildman–Crippen LogP) is 1.15. The van der Waals surface area contributed by atoms with Crippen LogP contribution in [0.15, 0.2) is 12.2 Å². The number of hydrogen-bond acceptors (Lipinski definition) is 11. The van der Waals surface area contributed by atoms with Gasteiger partial charge in [-0.1, -0.05) is 19.8 Å². The lowest BCUT2D eigenvalue weighted by molar-refractivity contribution is -0.145. The first-order chi connectivity index (χ1) is 18.6. The van der Waals surface area contributed by atoms with Crippen LogP contribution in [0, 0.1) is 0 Å². The van der Waals surface area contributed by atoms with Gasteiger partial charge in [0.25, 0.3) is 11.8 Å². The highest BCUT2D eigenvalue weighted by Crippen LogP contribution is 2.02. The largest absolute Gasteiger partial charge is 0.463 e. The minimum absolute atomic E-state index is 0.166. The maximum absolute atomic E-state index is 11.4. The minimum atomic E-state index is -0.307. The molecule has 12 nitrogen and oxygen atoms in total. The molecule has 2 amide bonds. The zero-order valence-corrected chi connectivity index (χ0v) is 22.7. The third-order valence-corrected chi connectivity index (χ3v) is 5.07. The van der Waals surface area contributed by atoms with Gasteiger partial charge in [0.1, 0.15) is 6.61 Å². The van der Waals surface area contributed by atoms with Crippen molar-refractivity contribution in [2.45, 2.75) is 32.6 Å². The summed E-state index contributed by atoms with van der Waals surface area (Å²) in [7, 11) is 0. The lowest BCUT2D eigenvalue weighted by Gasteiger charge is -2.13. The van der Waals surface area contributed by atoms with Gasteiger partial charge in [0.15, 0.2) is 0 Å². The molecule has 0 unspecified atom stereocenters. The molecular formula is C26H45NO11. The Hall–Kier alpha value is -1.93. The van der Waals surface area contributed by atoms with E-state index in [9.17, 15) is 14.4 Å². The van der Waals surface area contributed by atoms with Crippen LogP contribution in [0.25, 0.3) is 0 Å². The first-order valence-corrected chi connectivity index (χ1v) is 13.4. The van der Waals surface area contributed by atoms with E-state index in [1.54, 1.807) is 0 Å². The summed E-state index contributed by atoms with van der Waals surface area (Å²) in [6.45, 7) is 8.67. The second kappa shape index (κ2) is 25.4. The van der Waals surface area contributed by atoms with E-state index in [2.05, 4.69) is 6.92 Å². The highest BCUT2D eigenvalue weighted by atomic mass is 16.6. The molecule has 0 N–H and O–H groups in total. The predicted molar refractivity (Wildman–Crippen MR) is 137 cm³/mol. The Morgan fingerprint density at radius 3 is 1.34 bits per heavy atom. The smallest absolute Gasteiger partial charge is 0.305 e. The first-order valence-electron chi connectivity index (χ1n) is 13.4. The maximum Gasteiger partial charge on any atom is 0.305 e. The van der Waals surface area contributed by atoms with Crippen molar-refractivity contribution in [3.63, 3.8) is 0 Å². The van der Waals surface area contributed by atoms with E-state index in [1.807, 2.05) is 0 Å². The van der Waals surface area contributed by atoms with Crippen LogP contribution in [0.5, 0.6) is 0 Å². The van der Waals surface area contributed by atoms with Crippen LogP contribution < -0.4 is 0 Å². The third kappa shape index (κ3) is 20.1. The number of carbonyl (C=O) groups excluding carboxylic acids is 3. The van der Waals surface area contributed by atoms with Crippen molar-refractivity contribution in [1.29, 1.82) is 0 Å². The molecule has 1 rings (SSSR count). The molecule has 12 heteroatoms. The van der Waals surface area contributed by atoms with Crippen LogP contribution in [0.1, 0.15) is 32.6 Å². The molecule has 38 heavy (non-hydrogen) atoms. The molecule has 1 heterocycles. The summed E-state index contributed by atoms with van der Waals surface area (Å²) in [5.74, 6) is -0.781. The van der Waals surface area contributed by atoms with E-state index < -0.39 is 0 Å². The number of nitrogens with zero attached hydrogens (tertiary/aromatic N) is 1. The van der Waals surface area contributed by atoms with E-state index in [0.29, 0.717) is 92.3 Å². The molecule has 0 aliphatic carbocycles. The standard InChI is InChI=1S/C26H45NO11/c1-2-3-4-5-26(30)38-23-22-37-21-20-36-19-18-35-17-16-34-15-14-33-13-12-32-11-10-31-9-8-27-24(28)6-7-25(27)29/h6-7H,2-5,8-23H2,1H3. The second-order valence-corrected chi connectivity index (χ2v) is 8.13. The normalized spacial score (nSPS) is 13.1. The summed E-state index contributed by atoms with van der Waals surface area (Å²) in [4.78, 5) is 35.3. The molecule has 0 saturated carbocycles. The zero-order valence-electron chi connectivity index (χ0n) is 22.7. The molecule has 220 valence electrons. The molecule has 0 spiro atoms. The van der Waals surface area contributed by atoms with Gasteiger partial charge in [-0.15, -0.1) is 0 Å². The zero-order chi connectivity index (χ0) is 27.5. The third-order valence-electron chi connectivity index (χ3n) is 5.07. The highest BCUT2D eigenvalue weighted by molar-refractivity contribution is 6.12. The molecule has 0 saturated heterocycles. The van der Waals surface area contributed by atoms with Crippen LogP contribution in [0.2, 0.25) is 0 Å². The molecule has 0 fully saturated rings. The molecule has 1 aliphatic rings. The maximum atomic E-state index is 11.4. The van der Waals surface area contributed by atoms with Gasteiger partial charge in [0.05, 0.1) is 99.0 Å². The number of rotatable bonds is 28. The van der Waals surface area contributed by atoms with Gasteiger partial charge < -0.3 is 37.9 Å². The van der Waals surface area contributed by atoms with E-state index in [1.165, 1.54) is 12.2 Å². The molecule has 0 atom stereocenters. The van der Waals surface area contributed by atoms with Crippen LogP contribution >= 0.6 is 0 Å². The van der Waals surface area contributed by atoms with E-state index in [4.69, 9.17) is 37.9 Å².